The Morgan fingerprint density at radius 2 is 1.59 bits per heavy atom. The van der Waals surface area contributed by atoms with E-state index in [9.17, 15) is 14.4 Å². The van der Waals surface area contributed by atoms with E-state index in [0.29, 0.717) is 23.7 Å². The fourth-order valence-electron chi connectivity index (χ4n) is 5.01. The number of imide groups is 1. The van der Waals surface area contributed by atoms with E-state index in [1.165, 1.54) is 4.90 Å². The van der Waals surface area contributed by atoms with Gasteiger partial charge in [0.25, 0.3) is 5.91 Å². The first-order chi connectivity index (χ1) is 15.1. The molecule has 1 saturated carbocycles. The summed E-state index contributed by atoms with van der Waals surface area (Å²) in [5, 5.41) is 0.530. The summed E-state index contributed by atoms with van der Waals surface area (Å²) in [5.74, 6) is -0.873. The van der Waals surface area contributed by atoms with Gasteiger partial charge in [0.05, 0.1) is 12.1 Å². The minimum absolute atomic E-state index is 0.00440. The fourth-order valence-corrected chi connectivity index (χ4v) is 5.14. The molecule has 2 aromatic carbocycles. The van der Waals surface area contributed by atoms with Gasteiger partial charge in [0.15, 0.2) is 0 Å². The molecule has 1 unspecified atom stereocenters. The summed E-state index contributed by atoms with van der Waals surface area (Å²) in [5.41, 5.74) is 1.26. The third-order valence-corrected chi connectivity index (χ3v) is 7.87. The number of rotatable bonds is 6. The molecule has 6 heteroatoms. The van der Waals surface area contributed by atoms with Crippen molar-refractivity contribution in [3.8, 4) is 0 Å². The SMILES string of the molecule is CC1(C)C(C(=O)N(CCc2ccccc2)C2CC(=O)N(c3ccc(Cl)cc3)C2=O)C1(C)C. The first kappa shape index (κ1) is 22.5. The number of hydrogen-bond donors (Lipinski definition) is 0. The van der Waals surface area contributed by atoms with E-state index in [1.54, 1.807) is 29.2 Å². The van der Waals surface area contributed by atoms with Crippen LogP contribution in [0, 0.1) is 16.7 Å². The first-order valence-corrected chi connectivity index (χ1v) is 11.4. The van der Waals surface area contributed by atoms with Crippen LogP contribution in [0.5, 0.6) is 0 Å². The number of nitrogens with zero attached hydrogens (tertiary/aromatic N) is 2. The number of amides is 3. The van der Waals surface area contributed by atoms with E-state index in [2.05, 4.69) is 27.7 Å². The smallest absolute Gasteiger partial charge is 0.257 e. The maximum Gasteiger partial charge on any atom is 0.257 e. The lowest BCUT2D eigenvalue weighted by Gasteiger charge is -2.29. The quantitative estimate of drug-likeness (QED) is 0.595. The predicted octanol–water partition coefficient (Wildman–Crippen LogP) is 4.73. The van der Waals surface area contributed by atoms with Crippen LogP contribution in [0.4, 0.5) is 5.69 Å². The number of anilines is 1. The van der Waals surface area contributed by atoms with Gasteiger partial charge >= 0.3 is 0 Å². The van der Waals surface area contributed by atoms with Crippen LogP contribution in [0.3, 0.4) is 0 Å². The van der Waals surface area contributed by atoms with Gasteiger partial charge in [-0.15, -0.1) is 0 Å². The molecule has 1 atom stereocenters. The second-order valence-corrected chi connectivity index (χ2v) is 10.3. The Kier molecular flexibility index (Phi) is 5.66. The van der Waals surface area contributed by atoms with Crippen LogP contribution in [-0.4, -0.2) is 35.2 Å². The van der Waals surface area contributed by atoms with Gasteiger partial charge in [-0.3, -0.25) is 14.4 Å². The van der Waals surface area contributed by atoms with Crippen LogP contribution in [0.15, 0.2) is 54.6 Å². The highest BCUT2D eigenvalue weighted by molar-refractivity contribution is 6.30. The summed E-state index contributed by atoms with van der Waals surface area (Å²) >= 11 is 5.97. The van der Waals surface area contributed by atoms with Gasteiger partial charge in [-0.25, -0.2) is 4.90 Å². The van der Waals surface area contributed by atoms with Crippen LogP contribution in [0.1, 0.15) is 39.7 Å². The van der Waals surface area contributed by atoms with Crippen molar-refractivity contribution in [2.24, 2.45) is 16.7 Å². The van der Waals surface area contributed by atoms with Crippen molar-refractivity contribution in [3.63, 3.8) is 0 Å². The van der Waals surface area contributed by atoms with Gasteiger partial charge in [-0.1, -0.05) is 69.6 Å². The maximum absolute atomic E-state index is 13.7. The molecule has 2 fully saturated rings. The molecule has 3 amide bonds. The molecule has 0 bridgehead atoms. The van der Waals surface area contributed by atoms with Gasteiger partial charge in [0, 0.05) is 17.5 Å². The highest BCUT2D eigenvalue weighted by atomic mass is 35.5. The lowest BCUT2D eigenvalue weighted by molar-refractivity contribution is -0.140. The summed E-state index contributed by atoms with van der Waals surface area (Å²) in [6, 6.07) is 15.7. The van der Waals surface area contributed by atoms with Crippen LogP contribution < -0.4 is 4.90 Å². The molecule has 2 aromatic rings. The number of halogens is 1. The van der Waals surface area contributed by atoms with Crippen molar-refractivity contribution in [1.29, 1.82) is 0 Å². The number of benzene rings is 2. The second kappa shape index (κ2) is 8.04. The lowest BCUT2D eigenvalue weighted by atomic mass is 10.0. The molecule has 0 aromatic heterocycles. The minimum atomic E-state index is -0.790. The molecule has 168 valence electrons. The Bertz CT molecular complexity index is 1030. The fraction of sp³-hybridized carbons (Fsp3) is 0.423. The van der Waals surface area contributed by atoms with E-state index in [1.807, 2.05) is 30.3 Å². The largest absolute Gasteiger partial charge is 0.329 e. The predicted molar refractivity (Wildman–Crippen MR) is 125 cm³/mol. The molecule has 0 N–H and O–H groups in total. The number of carbonyl (C=O) groups excluding carboxylic acids is 3. The van der Waals surface area contributed by atoms with Crippen LogP contribution >= 0.6 is 11.6 Å². The molecule has 0 radical (unpaired) electrons. The first-order valence-electron chi connectivity index (χ1n) is 11.0. The van der Waals surface area contributed by atoms with E-state index in [4.69, 9.17) is 11.6 Å². The third-order valence-electron chi connectivity index (χ3n) is 7.62. The van der Waals surface area contributed by atoms with E-state index >= 15 is 0 Å². The zero-order chi connectivity index (χ0) is 23.3. The van der Waals surface area contributed by atoms with E-state index in [0.717, 1.165) is 5.56 Å². The Morgan fingerprint density at radius 1 is 1.00 bits per heavy atom. The van der Waals surface area contributed by atoms with Gasteiger partial charge in [-0.05, 0) is 47.1 Å². The molecule has 2 aliphatic rings. The minimum Gasteiger partial charge on any atom is -0.329 e. The van der Waals surface area contributed by atoms with Gasteiger partial charge in [0.2, 0.25) is 11.8 Å². The standard InChI is InChI=1S/C26H29ClN2O3/c1-25(2)22(26(25,3)4)24(32)28(15-14-17-8-6-5-7-9-17)20-16-21(30)29(23(20)31)19-12-10-18(27)11-13-19/h5-13,20,22H,14-16H2,1-4H3. The normalized spacial score (nSPS) is 21.7. The van der Waals surface area contributed by atoms with E-state index in [-0.39, 0.29) is 40.9 Å². The molecular weight excluding hydrogens is 424 g/mol. The van der Waals surface area contributed by atoms with E-state index < -0.39 is 6.04 Å². The molecule has 1 saturated heterocycles. The Balaban J connectivity index is 1.62. The highest BCUT2D eigenvalue weighted by Gasteiger charge is 2.69. The van der Waals surface area contributed by atoms with Crippen molar-refractivity contribution in [3.05, 3.63) is 65.2 Å². The average molecular weight is 453 g/mol. The number of carbonyl (C=O) groups is 3. The molecular formula is C26H29ClN2O3. The zero-order valence-electron chi connectivity index (χ0n) is 19.0. The summed E-state index contributed by atoms with van der Waals surface area (Å²) in [6.45, 7) is 8.75. The summed E-state index contributed by atoms with van der Waals surface area (Å²) in [7, 11) is 0. The van der Waals surface area contributed by atoms with Gasteiger partial charge in [-0.2, -0.15) is 0 Å². The summed E-state index contributed by atoms with van der Waals surface area (Å²) in [6.07, 6.45) is 0.620. The van der Waals surface area contributed by atoms with Crippen molar-refractivity contribution < 1.29 is 14.4 Å². The highest BCUT2D eigenvalue weighted by Crippen LogP contribution is 2.69. The Labute approximate surface area is 194 Å². The van der Waals surface area contributed by atoms with Crippen molar-refractivity contribution in [2.45, 2.75) is 46.6 Å². The maximum atomic E-state index is 13.7. The summed E-state index contributed by atoms with van der Waals surface area (Å²) < 4.78 is 0. The lowest BCUT2D eigenvalue weighted by Crippen LogP contribution is -2.47. The van der Waals surface area contributed by atoms with Crippen molar-refractivity contribution in [1.82, 2.24) is 4.90 Å². The second-order valence-electron chi connectivity index (χ2n) is 9.91. The molecule has 5 nitrogen and oxygen atoms in total. The third kappa shape index (κ3) is 3.73. The van der Waals surface area contributed by atoms with Crippen LogP contribution in [0.2, 0.25) is 5.02 Å². The van der Waals surface area contributed by atoms with Crippen LogP contribution in [-0.2, 0) is 20.8 Å². The Morgan fingerprint density at radius 3 is 2.16 bits per heavy atom. The molecule has 0 spiro atoms. The molecule has 1 aliphatic carbocycles. The van der Waals surface area contributed by atoms with Crippen molar-refractivity contribution >= 4 is 35.0 Å². The molecule has 32 heavy (non-hydrogen) atoms. The van der Waals surface area contributed by atoms with Crippen LogP contribution in [0.25, 0.3) is 0 Å². The van der Waals surface area contributed by atoms with Crippen molar-refractivity contribution in [2.75, 3.05) is 11.4 Å². The molecule has 4 rings (SSSR count). The molecule has 1 aliphatic heterocycles. The number of hydrogen-bond acceptors (Lipinski definition) is 3. The Hall–Kier alpha value is -2.66. The average Bonchev–Trinajstić information content (AvgIpc) is 2.98. The topological polar surface area (TPSA) is 57.7 Å². The zero-order valence-corrected chi connectivity index (χ0v) is 19.7. The van der Waals surface area contributed by atoms with Gasteiger partial charge in [0.1, 0.15) is 6.04 Å². The summed E-state index contributed by atoms with van der Waals surface area (Å²) in [4.78, 5) is 42.8. The van der Waals surface area contributed by atoms with Gasteiger partial charge < -0.3 is 4.90 Å². The molecule has 1 heterocycles. The monoisotopic (exact) mass is 452 g/mol.